The Morgan fingerprint density at radius 1 is 1.46 bits per heavy atom. The van der Waals surface area contributed by atoms with Crippen LogP contribution >= 0.6 is 0 Å². The number of nitrogens with zero attached hydrogens (tertiary/aromatic N) is 1. The monoisotopic (exact) mass is 175 g/mol. The first-order valence-corrected chi connectivity index (χ1v) is 4.78. The Hall–Kier alpha value is -0.795. The van der Waals surface area contributed by atoms with E-state index in [1.165, 1.54) is 11.1 Å². The maximum Gasteiger partial charge on any atom is 0.241 e. The molecule has 1 aromatic carbocycles. The van der Waals surface area contributed by atoms with E-state index in [9.17, 15) is 0 Å². The van der Waals surface area contributed by atoms with Crippen molar-refractivity contribution < 1.29 is 4.84 Å². The zero-order chi connectivity index (χ0) is 9.10. The second-order valence-electron chi connectivity index (χ2n) is 3.48. The minimum atomic E-state index is 0.881. The summed E-state index contributed by atoms with van der Waals surface area (Å²) in [6, 6.07) is 8.46. The van der Waals surface area contributed by atoms with Crippen molar-refractivity contribution in [1.29, 1.82) is 0 Å². The van der Waals surface area contributed by atoms with Gasteiger partial charge in [0.1, 0.15) is 0 Å². The highest BCUT2D eigenvalue weighted by atomic mass is 16.7. The van der Waals surface area contributed by atoms with E-state index in [4.69, 9.17) is 4.84 Å². The Balaban J connectivity index is 2.04. The summed E-state index contributed by atoms with van der Waals surface area (Å²) >= 11 is 0. The van der Waals surface area contributed by atoms with E-state index in [0.717, 1.165) is 26.9 Å². The van der Waals surface area contributed by atoms with Gasteiger partial charge >= 0.3 is 0 Å². The quantitative estimate of drug-likeness (QED) is 0.631. The molecule has 0 aliphatic carbocycles. The molecule has 0 saturated carbocycles. The van der Waals surface area contributed by atoms with Crippen LogP contribution in [-0.2, 0) is 11.4 Å². The summed E-state index contributed by atoms with van der Waals surface area (Å²) in [5.74, 6) is 0. The fourth-order valence-corrected chi connectivity index (χ4v) is 1.60. The number of hydrogen-bond donors (Lipinski definition) is 0. The highest BCUT2D eigenvalue weighted by Crippen LogP contribution is 2.13. The highest BCUT2D eigenvalue weighted by molar-refractivity contribution is 6.32. The van der Waals surface area contributed by atoms with Crippen molar-refractivity contribution in [3.63, 3.8) is 0 Å². The average Bonchev–Trinajstić information content (AvgIpc) is 2.61. The second kappa shape index (κ2) is 3.94. The van der Waals surface area contributed by atoms with Gasteiger partial charge in [0.2, 0.25) is 7.41 Å². The number of aryl methyl sites for hydroxylation is 1. The molecule has 68 valence electrons. The molecule has 0 aromatic heterocycles. The number of hydrogen-bond acceptors (Lipinski definition) is 2. The predicted octanol–water partition coefficient (Wildman–Crippen LogP) is 1.51. The van der Waals surface area contributed by atoms with Crippen LogP contribution < -0.4 is 0 Å². The van der Waals surface area contributed by atoms with Gasteiger partial charge in [-0.3, -0.25) is 0 Å². The van der Waals surface area contributed by atoms with Crippen molar-refractivity contribution in [1.82, 2.24) is 4.97 Å². The lowest BCUT2D eigenvalue weighted by Crippen LogP contribution is -2.20. The van der Waals surface area contributed by atoms with Crippen LogP contribution in [0.15, 0.2) is 24.3 Å². The van der Waals surface area contributed by atoms with E-state index in [1.54, 1.807) is 0 Å². The standard InChI is InChI=1S/C10H14BNO/c1-9-4-2-3-5-10(9)8-12-11-6-7-13-12/h2-5,11H,6-8H2,1H3. The number of hydroxylamine groups is 1. The molecule has 2 rings (SSSR count). The molecule has 0 bridgehead atoms. The van der Waals surface area contributed by atoms with Gasteiger partial charge in [0, 0.05) is 6.54 Å². The first-order valence-electron chi connectivity index (χ1n) is 4.78. The van der Waals surface area contributed by atoms with Gasteiger partial charge in [0.25, 0.3) is 0 Å². The van der Waals surface area contributed by atoms with E-state index in [-0.39, 0.29) is 0 Å². The Bertz CT molecular complexity index is 284. The normalized spacial score (nSPS) is 17.3. The first-order chi connectivity index (χ1) is 6.36. The van der Waals surface area contributed by atoms with Crippen LogP contribution in [0.3, 0.4) is 0 Å². The Morgan fingerprint density at radius 3 is 3.00 bits per heavy atom. The van der Waals surface area contributed by atoms with Crippen molar-refractivity contribution in [2.24, 2.45) is 0 Å². The molecule has 1 fully saturated rings. The largest absolute Gasteiger partial charge is 0.311 e. The molecule has 1 aliphatic heterocycles. The summed E-state index contributed by atoms with van der Waals surface area (Å²) in [5, 5.41) is 0. The predicted molar refractivity (Wildman–Crippen MR) is 54.6 cm³/mol. The molecule has 13 heavy (non-hydrogen) atoms. The van der Waals surface area contributed by atoms with E-state index >= 15 is 0 Å². The van der Waals surface area contributed by atoms with Crippen molar-refractivity contribution in [3.05, 3.63) is 35.4 Å². The molecular weight excluding hydrogens is 161 g/mol. The fourth-order valence-electron chi connectivity index (χ4n) is 1.60. The van der Waals surface area contributed by atoms with Gasteiger partial charge in [-0.1, -0.05) is 24.3 Å². The topological polar surface area (TPSA) is 12.5 Å². The molecule has 0 spiro atoms. The third kappa shape index (κ3) is 2.11. The van der Waals surface area contributed by atoms with Crippen LogP contribution in [0.1, 0.15) is 11.1 Å². The van der Waals surface area contributed by atoms with Gasteiger partial charge in [0.15, 0.2) is 0 Å². The number of benzene rings is 1. The number of rotatable bonds is 2. The molecule has 0 amide bonds. The van der Waals surface area contributed by atoms with Crippen LogP contribution in [0.2, 0.25) is 6.32 Å². The molecule has 1 heterocycles. The summed E-state index contributed by atoms with van der Waals surface area (Å²) in [6.07, 6.45) is 1.16. The van der Waals surface area contributed by atoms with Crippen molar-refractivity contribution >= 4 is 7.41 Å². The minimum Gasteiger partial charge on any atom is -0.311 e. The lowest BCUT2D eigenvalue weighted by atomic mass is 9.90. The third-order valence-electron chi connectivity index (χ3n) is 2.43. The molecule has 1 aromatic rings. The lowest BCUT2D eigenvalue weighted by molar-refractivity contribution is -0.0672. The van der Waals surface area contributed by atoms with Crippen LogP contribution in [0.25, 0.3) is 0 Å². The fraction of sp³-hybridized carbons (Fsp3) is 0.400. The minimum absolute atomic E-state index is 0.881. The molecule has 1 saturated heterocycles. The van der Waals surface area contributed by atoms with Gasteiger partial charge in [-0.2, -0.15) is 0 Å². The summed E-state index contributed by atoms with van der Waals surface area (Å²) < 4.78 is 0. The molecule has 3 heteroatoms. The van der Waals surface area contributed by atoms with Crippen LogP contribution in [-0.4, -0.2) is 19.0 Å². The molecular formula is C10H14BNO. The summed E-state index contributed by atoms with van der Waals surface area (Å²) in [7, 11) is 1.06. The van der Waals surface area contributed by atoms with Gasteiger partial charge < -0.3 is 4.84 Å². The zero-order valence-electron chi connectivity index (χ0n) is 7.99. The summed E-state index contributed by atoms with van der Waals surface area (Å²) in [5.41, 5.74) is 2.71. The van der Waals surface area contributed by atoms with Gasteiger partial charge in [-0.25, -0.2) is 4.97 Å². The average molecular weight is 175 g/mol. The maximum absolute atomic E-state index is 5.45. The van der Waals surface area contributed by atoms with E-state index < -0.39 is 0 Å². The smallest absolute Gasteiger partial charge is 0.241 e. The molecule has 0 unspecified atom stereocenters. The Morgan fingerprint density at radius 2 is 2.31 bits per heavy atom. The molecule has 0 N–H and O–H groups in total. The van der Waals surface area contributed by atoms with Crippen molar-refractivity contribution in [2.45, 2.75) is 19.8 Å². The Labute approximate surface area is 79.7 Å². The third-order valence-corrected chi connectivity index (χ3v) is 2.43. The van der Waals surface area contributed by atoms with Gasteiger partial charge in [0.05, 0.1) is 6.61 Å². The van der Waals surface area contributed by atoms with Gasteiger partial charge in [-0.05, 0) is 24.4 Å². The van der Waals surface area contributed by atoms with E-state index in [2.05, 4.69) is 31.2 Å². The van der Waals surface area contributed by atoms with E-state index in [1.807, 2.05) is 4.97 Å². The zero-order valence-corrected chi connectivity index (χ0v) is 7.99. The maximum atomic E-state index is 5.45. The first kappa shape index (κ1) is 8.79. The molecule has 0 atom stereocenters. The van der Waals surface area contributed by atoms with Crippen LogP contribution in [0.4, 0.5) is 0 Å². The lowest BCUT2D eigenvalue weighted by Gasteiger charge is -2.15. The van der Waals surface area contributed by atoms with Crippen LogP contribution in [0.5, 0.6) is 0 Å². The summed E-state index contributed by atoms with van der Waals surface area (Å²) in [4.78, 5) is 7.49. The second-order valence-corrected chi connectivity index (χ2v) is 3.48. The SMILES string of the molecule is Cc1ccccc1CN1BCCO1. The molecule has 1 aliphatic rings. The highest BCUT2D eigenvalue weighted by Gasteiger charge is 2.14. The van der Waals surface area contributed by atoms with Crippen molar-refractivity contribution in [3.8, 4) is 0 Å². The molecule has 2 nitrogen and oxygen atoms in total. The Kier molecular flexibility index (Phi) is 2.66. The molecule has 0 radical (unpaired) electrons. The van der Waals surface area contributed by atoms with Crippen molar-refractivity contribution in [2.75, 3.05) is 6.61 Å². The summed E-state index contributed by atoms with van der Waals surface area (Å²) in [6.45, 7) is 3.95. The van der Waals surface area contributed by atoms with Gasteiger partial charge in [-0.15, -0.1) is 0 Å². The van der Waals surface area contributed by atoms with E-state index in [0.29, 0.717) is 0 Å². The van der Waals surface area contributed by atoms with Crippen LogP contribution in [0, 0.1) is 6.92 Å².